The lowest BCUT2D eigenvalue weighted by atomic mass is 10.2. The van der Waals surface area contributed by atoms with Gasteiger partial charge >= 0.3 is 0 Å². The largest absolute Gasteiger partial charge is 0.389 e. The molecule has 6 nitrogen and oxygen atoms in total. The van der Waals surface area contributed by atoms with Crippen LogP contribution >= 0.6 is 0 Å². The van der Waals surface area contributed by atoms with Crippen LogP contribution in [-0.2, 0) is 17.9 Å². The predicted molar refractivity (Wildman–Crippen MR) is 66.8 cm³/mol. The summed E-state index contributed by atoms with van der Waals surface area (Å²) in [6, 6.07) is 8.09. The van der Waals surface area contributed by atoms with Gasteiger partial charge in [0.15, 0.2) is 0 Å². The molecule has 0 saturated heterocycles. The van der Waals surface area contributed by atoms with Crippen LogP contribution in [-0.4, -0.2) is 32.6 Å². The number of benzene rings is 1. The van der Waals surface area contributed by atoms with Gasteiger partial charge in [0.1, 0.15) is 18.2 Å². The van der Waals surface area contributed by atoms with E-state index in [0.29, 0.717) is 5.56 Å². The van der Waals surface area contributed by atoms with Crippen molar-refractivity contribution in [3.05, 3.63) is 47.8 Å². The van der Waals surface area contributed by atoms with Crippen LogP contribution in [0.2, 0.25) is 0 Å². The Hall–Kier alpha value is -2.30. The van der Waals surface area contributed by atoms with Crippen molar-refractivity contribution in [1.29, 1.82) is 5.26 Å². The summed E-state index contributed by atoms with van der Waals surface area (Å²) in [5.41, 5.74) is 0.437. The second-order valence-corrected chi connectivity index (χ2v) is 4.16. The Morgan fingerprint density at radius 1 is 1.45 bits per heavy atom. The van der Waals surface area contributed by atoms with Gasteiger partial charge < -0.3 is 9.84 Å². The lowest BCUT2D eigenvalue weighted by molar-refractivity contribution is 0.0178. The zero-order valence-corrected chi connectivity index (χ0v) is 10.6. The number of ether oxygens (including phenoxy) is 1. The molecule has 1 N–H and O–H groups in total. The Morgan fingerprint density at radius 3 is 2.95 bits per heavy atom. The molecule has 0 saturated carbocycles. The molecule has 1 aromatic carbocycles. The molecular weight excluding hydrogens is 263 g/mol. The third kappa shape index (κ3) is 3.85. The van der Waals surface area contributed by atoms with Crippen LogP contribution in [0.15, 0.2) is 30.6 Å². The summed E-state index contributed by atoms with van der Waals surface area (Å²) < 4.78 is 19.9. The van der Waals surface area contributed by atoms with E-state index in [4.69, 9.17) is 10.00 Å². The van der Waals surface area contributed by atoms with Gasteiger partial charge in [-0.05, 0) is 6.07 Å². The molecule has 2 rings (SSSR count). The molecule has 0 fully saturated rings. The van der Waals surface area contributed by atoms with E-state index >= 15 is 0 Å². The van der Waals surface area contributed by atoms with E-state index in [0.717, 1.165) is 0 Å². The summed E-state index contributed by atoms with van der Waals surface area (Å²) in [6.07, 6.45) is 0.550. The number of hydrogen-bond donors (Lipinski definition) is 1. The van der Waals surface area contributed by atoms with Crippen LogP contribution in [0.1, 0.15) is 11.4 Å². The standard InChI is InChI=1S/C13H13FN4O2/c14-12-4-2-1-3-10(12)7-20-8-11(19)6-18-9-16-13(5-15)17-18/h1-4,9,11,19H,6-8H2/t11-/m1/s1. The summed E-state index contributed by atoms with van der Waals surface area (Å²) >= 11 is 0. The minimum Gasteiger partial charge on any atom is -0.389 e. The van der Waals surface area contributed by atoms with Gasteiger partial charge in [0.05, 0.1) is 25.9 Å². The third-order valence-electron chi connectivity index (χ3n) is 2.56. The molecule has 0 spiro atoms. The molecule has 0 amide bonds. The highest BCUT2D eigenvalue weighted by Gasteiger charge is 2.08. The highest BCUT2D eigenvalue weighted by molar-refractivity contribution is 5.16. The molecule has 0 bridgehead atoms. The van der Waals surface area contributed by atoms with E-state index in [-0.39, 0.29) is 31.4 Å². The van der Waals surface area contributed by atoms with Crippen molar-refractivity contribution in [1.82, 2.24) is 14.8 Å². The van der Waals surface area contributed by atoms with Crippen molar-refractivity contribution >= 4 is 0 Å². The summed E-state index contributed by atoms with van der Waals surface area (Å²) in [6.45, 7) is 0.284. The second-order valence-electron chi connectivity index (χ2n) is 4.16. The molecule has 0 unspecified atom stereocenters. The van der Waals surface area contributed by atoms with Crippen LogP contribution in [0.25, 0.3) is 0 Å². The number of aliphatic hydroxyl groups is 1. The van der Waals surface area contributed by atoms with E-state index in [1.165, 1.54) is 17.1 Å². The number of aromatic nitrogens is 3. The fourth-order valence-corrected chi connectivity index (χ4v) is 1.62. The molecule has 1 aromatic heterocycles. The van der Waals surface area contributed by atoms with Crippen LogP contribution in [0, 0.1) is 17.1 Å². The first-order chi connectivity index (χ1) is 9.69. The predicted octanol–water partition coefficient (Wildman–Crippen LogP) is 0.867. The number of rotatable bonds is 6. The average molecular weight is 276 g/mol. The number of nitrogens with zero attached hydrogens (tertiary/aromatic N) is 4. The van der Waals surface area contributed by atoms with Gasteiger partial charge in [0.2, 0.25) is 0 Å². The maximum atomic E-state index is 13.3. The summed E-state index contributed by atoms with van der Waals surface area (Å²) in [5, 5.41) is 22.1. The second kappa shape index (κ2) is 6.75. The number of nitriles is 1. The lowest BCUT2D eigenvalue weighted by Gasteiger charge is -2.11. The Morgan fingerprint density at radius 2 is 2.25 bits per heavy atom. The highest BCUT2D eigenvalue weighted by Crippen LogP contribution is 2.07. The molecule has 1 atom stereocenters. The Balaban J connectivity index is 1.77. The van der Waals surface area contributed by atoms with Crippen LogP contribution in [0.5, 0.6) is 0 Å². The summed E-state index contributed by atoms with van der Waals surface area (Å²) in [7, 11) is 0. The fraction of sp³-hybridized carbons (Fsp3) is 0.308. The van der Waals surface area contributed by atoms with Crippen molar-refractivity contribution in [2.24, 2.45) is 0 Å². The smallest absolute Gasteiger partial charge is 0.252 e. The topological polar surface area (TPSA) is 84.0 Å². The van der Waals surface area contributed by atoms with Gasteiger partial charge in [0, 0.05) is 5.56 Å². The molecule has 2 aromatic rings. The first-order valence-corrected chi connectivity index (χ1v) is 5.98. The van der Waals surface area contributed by atoms with Crippen LogP contribution < -0.4 is 0 Å². The molecule has 7 heteroatoms. The zero-order chi connectivity index (χ0) is 14.4. The molecule has 0 aliphatic rings. The molecular formula is C13H13FN4O2. The van der Waals surface area contributed by atoms with E-state index in [9.17, 15) is 9.50 Å². The van der Waals surface area contributed by atoms with Gasteiger partial charge in [-0.15, -0.1) is 5.10 Å². The average Bonchev–Trinajstić information content (AvgIpc) is 2.88. The number of aliphatic hydroxyl groups excluding tert-OH is 1. The normalized spacial score (nSPS) is 12.1. The molecule has 0 aliphatic heterocycles. The molecule has 0 radical (unpaired) electrons. The van der Waals surface area contributed by atoms with Gasteiger partial charge in [0.25, 0.3) is 5.82 Å². The van der Waals surface area contributed by atoms with Gasteiger partial charge in [-0.25, -0.2) is 14.1 Å². The maximum absolute atomic E-state index is 13.3. The van der Waals surface area contributed by atoms with Crippen molar-refractivity contribution in [3.63, 3.8) is 0 Å². The van der Waals surface area contributed by atoms with E-state index < -0.39 is 6.10 Å². The molecule has 0 aliphatic carbocycles. The Labute approximate surface area is 115 Å². The zero-order valence-electron chi connectivity index (χ0n) is 10.6. The summed E-state index contributed by atoms with van der Waals surface area (Å²) in [4.78, 5) is 3.72. The SMILES string of the molecule is N#Cc1ncn(C[C@@H](O)COCc2ccccc2F)n1. The molecule has 20 heavy (non-hydrogen) atoms. The molecule has 104 valence electrons. The minimum atomic E-state index is -0.810. The quantitative estimate of drug-likeness (QED) is 0.846. The summed E-state index contributed by atoms with van der Waals surface area (Å²) in [5.74, 6) is -0.290. The Kier molecular flexibility index (Phi) is 4.76. The van der Waals surface area contributed by atoms with Gasteiger partial charge in [-0.1, -0.05) is 18.2 Å². The number of halogens is 1. The monoisotopic (exact) mass is 276 g/mol. The first-order valence-electron chi connectivity index (χ1n) is 5.98. The lowest BCUT2D eigenvalue weighted by Crippen LogP contribution is -2.22. The first kappa shape index (κ1) is 14.1. The van der Waals surface area contributed by atoms with Crippen LogP contribution in [0.3, 0.4) is 0 Å². The van der Waals surface area contributed by atoms with E-state index in [2.05, 4.69) is 10.1 Å². The van der Waals surface area contributed by atoms with E-state index in [1.54, 1.807) is 24.3 Å². The Bertz CT molecular complexity index is 608. The van der Waals surface area contributed by atoms with Crippen molar-refractivity contribution in [2.75, 3.05) is 6.61 Å². The minimum absolute atomic E-state index is 0.0378. The molecule has 1 heterocycles. The highest BCUT2D eigenvalue weighted by atomic mass is 19.1. The maximum Gasteiger partial charge on any atom is 0.252 e. The third-order valence-corrected chi connectivity index (χ3v) is 2.56. The van der Waals surface area contributed by atoms with Crippen molar-refractivity contribution < 1.29 is 14.2 Å². The van der Waals surface area contributed by atoms with Crippen molar-refractivity contribution in [2.45, 2.75) is 19.3 Å². The van der Waals surface area contributed by atoms with E-state index in [1.807, 2.05) is 0 Å². The van der Waals surface area contributed by atoms with Crippen molar-refractivity contribution in [3.8, 4) is 6.07 Å². The number of hydrogen-bond acceptors (Lipinski definition) is 5. The fourth-order valence-electron chi connectivity index (χ4n) is 1.62. The van der Waals surface area contributed by atoms with Gasteiger partial charge in [-0.2, -0.15) is 5.26 Å². The van der Waals surface area contributed by atoms with Gasteiger partial charge in [-0.3, -0.25) is 0 Å². The van der Waals surface area contributed by atoms with Crippen LogP contribution in [0.4, 0.5) is 4.39 Å².